The van der Waals surface area contributed by atoms with Crippen molar-refractivity contribution in [1.82, 2.24) is 5.32 Å². The van der Waals surface area contributed by atoms with Crippen LogP contribution in [0.2, 0.25) is 0 Å². The molecule has 3 unspecified atom stereocenters. The summed E-state index contributed by atoms with van der Waals surface area (Å²) in [6.07, 6.45) is 2.97. The summed E-state index contributed by atoms with van der Waals surface area (Å²) in [5.74, 6) is -1.36. The van der Waals surface area contributed by atoms with E-state index in [1.807, 2.05) is 30.3 Å². The lowest BCUT2D eigenvalue weighted by molar-refractivity contribution is -0.147. The lowest BCUT2D eigenvalue weighted by atomic mass is 9.84. The second-order valence-electron chi connectivity index (χ2n) is 7.25. The molecule has 0 radical (unpaired) electrons. The number of methoxy groups -OCH3 is 1. The Bertz CT molecular complexity index is 610. The number of nitrogens with one attached hydrogen (secondary N) is 1. The Labute approximate surface area is 166 Å². The van der Waals surface area contributed by atoms with E-state index >= 15 is 0 Å². The quantitative estimate of drug-likeness (QED) is 0.407. The van der Waals surface area contributed by atoms with Crippen molar-refractivity contribution < 1.29 is 24.2 Å². The lowest BCUT2D eigenvalue weighted by Gasteiger charge is -2.33. The summed E-state index contributed by atoms with van der Waals surface area (Å²) in [7, 11) is 1.30. The van der Waals surface area contributed by atoms with Gasteiger partial charge in [0.1, 0.15) is 6.04 Å². The second kappa shape index (κ2) is 11.8. The fraction of sp³-hybridized carbons (Fsp3) is 0.619. The number of benzene rings is 1. The van der Waals surface area contributed by atoms with Crippen LogP contribution in [0.15, 0.2) is 30.3 Å². The summed E-state index contributed by atoms with van der Waals surface area (Å²) in [5, 5.41) is 13.2. The van der Waals surface area contributed by atoms with Crippen molar-refractivity contribution in [2.45, 2.75) is 56.8 Å². The summed E-state index contributed by atoms with van der Waals surface area (Å²) in [6.45, 7) is 1.26. The maximum atomic E-state index is 12.7. The number of amides is 1. The van der Waals surface area contributed by atoms with Crippen LogP contribution in [0, 0.1) is 5.92 Å². The molecule has 0 saturated heterocycles. The minimum Gasteiger partial charge on any atom is -0.467 e. The van der Waals surface area contributed by atoms with Gasteiger partial charge in [-0.3, -0.25) is 4.79 Å². The van der Waals surface area contributed by atoms with E-state index in [2.05, 4.69) is 5.32 Å². The molecule has 7 heteroatoms. The van der Waals surface area contributed by atoms with E-state index in [1.54, 1.807) is 0 Å². The standard InChI is InChI=1S/C21H32N2O5/c1-27-21(26)18(13-15-7-3-2-4-8-15)23-20(25)17-10-9-16(14-19(17)24)28-12-6-5-11-22/h2-4,7-8,16-19,24H,5-6,9-14,22H2,1H3,(H,23,25)/t16?,17?,18-,19?/m0/s1. The molecule has 1 fully saturated rings. The van der Waals surface area contributed by atoms with Crippen LogP contribution in [0.5, 0.6) is 0 Å². The van der Waals surface area contributed by atoms with Crippen molar-refractivity contribution in [3.05, 3.63) is 35.9 Å². The van der Waals surface area contributed by atoms with Gasteiger partial charge >= 0.3 is 5.97 Å². The molecule has 0 bridgehead atoms. The average molecular weight is 392 g/mol. The van der Waals surface area contributed by atoms with E-state index < -0.39 is 24.0 Å². The third-order valence-electron chi connectivity index (χ3n) is 5.14. The maximum Gasteiger partial charge on any atom is 0.328 e. The smallest absolute Gasteiger partial charge is 0.328 e. The van der Waals surface area contributed by atoms with Gasteiger partial charge in [-0.2, -0.15) is 0 Å². The molecular weight excluding hydrogens is 360 g/mol. The zero-order valence-electron chi connectivity index (χ0n) is 16.5. The number of hydrogen-bond donors (Lipinski definition) is 3. The van der Waals surface area contributed by atoms with Gasteiger partial charge in [-0.15, -0.1) is 0 Å². The number of esters is 1. The van der Waals surface area contributed by atoms with Gasteiger partial charge in [0.05, 0.1) is 25.2 Å². The number of rotatable bonds is 10. The molecule has 1 aliphatic rings. The molecule has 2 rings (SSSR count). The number of hydrogen-bond acceptors (Lipinski definition) is 6. The normalized spacial score (nSPS) is 23.0. The van der Waals surface area contributed by atoms with Gasteiger partial charge in [0.25, 0.3) is 0 Å². The zero-order valence-corrected chi connectivity index (χ0v) is 16.5. The molecule has 1 amide bonds. The Morgan fingerprint density at radius 2 is 2.00 bits per heavy atom. The second-order valence-corrected chi connectivity index (χ2v) is 7.25. The molecule has 1 aliphatic carbocycles. The summed E-state index contributed by atoms with van der Waals surface area (Å²) in [6, 6.07) is 8.65. The Kier molecular flexibility index (Phi) is 9.40. The van der Waals surface area contributed by atoms with Gasteiger partial charge in [-0.25, -0.2) is 4.79 Å². The van der Waals surface area contributed by atoms with Crippen molar-refractivity contribution in [3.63, 3.8) is 0 Å². The molecule has 4 atom stereocenters. The minimum absolute atomic E-state index is 0.0439. The summed E-state index contributed by atoms with van der Waals surface area (Å²) in [4.78, 5) is 24.8. The number of aliphatic hydroxyl groups excluding tert-OH is 1. The Hall–Kier alpha value is -1.96. The van der Waals surface area contributed by atoms with E-state index in [4.69, 9.17) is 15.2 Å². The number of unbranched alkanes of at least 4 members (excludes halogenated alkanes) is 1. The van der Waals surface area contributed by atoms with Crippen LogP contribution in [0.1, 0.15) is 37.7 Å². The largest absolute Gasteiger partial charge is 0.467 e. The number of ether oxygens (including phenoxy) is 2. The van der Waals surface area contributed by atoms with Crippen LogP contribution in [0.25, 0.3) is 0 Å². The molecule has 156 valence electrons. The highest BCUT2D eigenvalue weighted by Gasteiger charge is 2.36. The summed E-state index contributed by atoms with van der Waals surface area (Å²) < 4.78 is 10.6. The van der Waals surface area contributed by atoms with Crippen molar-refractivity contribution in [2.75, 3.05) is 20.3 Å². The topological polar surface area (TPSA) is 111 Å². The highest BCUT2D eigenvalue weighted by Crippen LogP contribution is 2.27. The predicted octanol–water partition coefficient (Wildman–Crippen LogP) is 1.17. The maximum absolute atomic E-state index is 12.7. The van der Waals surface area contributed by atoms with Crippen molar-refractivity contribution in [3.8, 4) is 0 Å². The van der Waals surface area contributed by atoms with Crippen LogP contribution in [-0.2, 0) is 25.5 Å². The van der Waals surface area contributed by atoms with Gasteiger partial charge in [-0.1, -0.05) is 30.3 Å². The molecule has 0 heterocycles. The molecular formula is C21H32N2O5. The molecule has 0 aliphatic heterocycles. The molecule has 1 aromatic carbocycles. The predicted molar refractivity (Wildman–Crippen MR) is 105 cm³/mol. The van der Waals surface area contributed by atoms with Crippen LogP contribution in [0.3, 0.4) is 0 Å². The number of carbonyl (C=O) groups is 2. The Morgan fingerprint density at radius 1 is 1.25 bits per heavy atom. The molecule has 7 nitrogen and oxygen atoms in total. The van der Waals surface area contributed by atoms with E-state index in [9.17, 15) is 14.7 Å². The van der Waals surface area contributed by atoms with Crippen LogP contribution >= 0.6 is 0 Å². The first-order chi connectivity index (χ1) is 13.5. The molecule has 1 aromatic rings. The average Bonchev–Trinajstić information content (AvgIpc) is 2.71. The minimum atomic E-state index is -0.789. The summed E-state index contributed by atoms with van der Waals surface area (Å²) in [5.41, 5.74) is 6.39. The van der Waals surface area contributed by atoms with Gasteiger partial charge < -0.3 is 25.6 Å². The van der Waals surface area contributed by atoms with Crippen LogP contribution in [-0.4, -0.2) is 55.5 Å². The van der Waals surface area contributed by atoms with E-state index in [0.717, 1.165) is 18.4 Å². The Balaban J connectivity index is 1.88. The number of carbonyl (C=O) groups excluding carboxylic acids is 2. The highest BCUT2D eigenvalue weighted by atomic mass is 16.5. The van der Waals surface area contributed by atoms with E-state index in [0.29, 0.717) is 38.8 Å². The van der Waals surface area contributed by atoms with Crippen LogP contribution < -0.4 is 11.1 Å². The highest BCUT2D eigenvalue weighted by molar-refractivity contribution is 5.86. The van der Waals surface area contributed by atoms with Gasteiger partial charge in [-0.05, 0) is 37.8 Å². The van der Waals surface area contributed by atoms with Crippen molar-refractivity contribution >= 4 is 11.9 Å². The SMILES string of the molecule is COC(=O)[C@H](Cc1ccccc1)NC(=O)C1CCC(OCCCCN)CC1O. The number of aliphatic hydroxyl groups is 1. The van der Waals surface area contributed by atoms with Gasteiger partial charge in [0.15, 0.2) is 0 Å². The third-order valence-corrected chi connectivity index (χ3v) is 5.14. The Morgan fingerprint density at radius 3 is 2.64 bits per heavy atom. The molecule has 1 saturated carbocycles. The monoisotopic (exact) mass is 392 g/mol. The lowest BCUT2D eigenvalue weighted by Crippen LogP contribution is -2.49. The first-order valence-electron chi connectivity index (χ1n) is 9.97. The molecule has 0 spiro atoms. The first-order valence-corrected chi connectivity index (χ1v) is 9.97. The number of nitrogens with two attached hydrogens (primary N) is 1. The van der Waals surface area contributed by atoms with E-state index in [1.165, 1.54) is 7.11 Å². The van der Waals surface area contributed by atoms with E-state index in [-0.39, 0.29) is 12.0 Å². The summed E-state index contributed by atoms with van der Waals surface area (Å²) >= 11 is 0. The fourth-order valence-electron chi connectivity index (χ4n) is 3.53. The molecule has 4 N–H and O–H groups in total. The third kappa shape index (κ3) is 6.89. The van der Waals surface area contributed by atoms with Crippen molar-refractivity contribution in [1.29, 1.82) is 0 Å². The van der Waals surface area contributed by atoms with Gasteiger partial charge in [0, 0.05) is 19.4 Å². The van der Waals surface area contributed by atoms with Crippen LogP contribution in [0.4, 0.5) is 0 Å². The van der Waals surface area contributed by atoms with Gasteiger partial charge in [0.2, 0.25) is 5.91 Å². The molecule has 28 heavy (non-hydrogen) atoms. The fourth-order valence-corrected chi connectivity index (χ4v) is 3.53. The molecule has 0 aromatic heterocycles. The zero-order chi connectivity index (χ0) is 20.4. The first kappa shape index (κ1) is 22.3. The van der Waals surface area contributed by atoms with Crippen molar-refractivity contribution in [2.24, 2.45) is 11.7 Å².